The van der Waals surface area contributed by atoms with Gasteiger partial charge in [-0.2, -0.15) is 0 Å². The fraction of sp³-hybridized carbons (Fsp3) is 0.125. The van der Waals surface area contributed by atoms with Crippen LogP contribution in [0.25, 0.3) is 0 Å². The maximum Gasteiger partial charge on any atom is 0.336 e. The molecule has 0 radical (unpaired) electrons. The maximum atomic E-state index is 12.7. The van der Waals surface area contributed by atoms with Crippen LogP contribution in [0, 0.1) is 6.92 Å². The van der Waals surface area contributed by atoms with E-state index in [2.05, 4.69) is 0 Å². The van der Waals surface area contributed by atoms with E-state index in [0.29, 0.717) is 5.69 Å². The lowest BCUT2D eigenvalue weighted by Crippen LogP contribution is -2.33. The fourth-order valence-electron chi connectivity index (χ4n) is 2.64. The molecule has 25 heavy (non-hydrogen) atoms. The molecular formula is C16H14ClN3O4S. The number of sulfonamides is 1. The van der Waals surface area contributed by atoms with Crippen LogP contribution in [-0.4, -0.2) is 26.9 Å². The van der Waals surface area contributed by atoms with Gasteiger partial charge in [0.2, 0.25) is 10.0 Å². The monoisotopic (exact) mass is 379 g/mol. The van der Waals surface area contributed by atoms with Gasteiger partial charge < -0.3 is 0 Å². The first-order valence-electron chi connectivity index (χ1n) is 7.22. The predicted molar refractivity (Wildman–Crippen MR) is 94.2 cm³/mol. The molecule has 0 aromatic heterocycles. The Balaban J connectivity index is 2.00. The van der Waals surface area contributed by atoms with Gasteiger partial charge in [-0.15, -0.1) is 0 Å². The minimum atomic E-state index is -3.94. The van der Waals surface area contributed by atoms with Crippen LogP contribution in [0.2, 0.25) is 5.02 Å². The van der Waals surface area contributed by atoms with Crippen molar-refractivity contribution in [2.75, 3.05) is 16.3 Å². The van der Waals surface area contributed by atoms with Crippen molar-refractivity contribution in [2.45, 2.75) is 11.8 Å². The van der Waals surface area contributed by atoms with Gasteiger partial charge in [-0.1, -0.05) is 29.8 Å². The van der Waals surface area contributed by atoms with E-state index in [9.17, 15) is 18.0 Å². The molecule has 0 bridgehead atoms. The van der Waals surface area contributed by atoms with E-state index in [1.54, 1.807) is 12.1 Å². The van der Waals surface area contributed by atoms with Gasteiger partial charge in [0.25, 0.3) is 5.91 Å². The van der Waals surface area contributed by atoms with Crippen molar-refractivity contribution < 1.29 is 18.0 Å². The lowest BCUT2D eigenvalue weighted by Gasteiger charge is -2.19. The summed E-state index contributed by atoms with van der Waals surface area (Å²) in [6.45, 7) is 1.71. The number of amides is 3. The van der Waals surface area contributed by atoms with E-state index in [1.807, 2.05) is 19.1 Å². The first-order valence-corrected chi connectivity index (χ1v) is 9.15. The highest BCUT2D eigenvalue weighted by molar-refractivity contribution is 7.89. The summed E-state index contributed by atoms with van der Waals surface area (Å²) in [4.78, 5) is 27.2. The van der Waals surface area contributed by atoms with Crippen molar-refractivity contribution in [1.29, 1.82) is 0 Å². The number of para-hydroxylation sites is 1. The van der Waals surface area contributed by atoms with Crippen LogP contribution in [0.1, 0.15) is 5.56 Å². The Morgan fingerprint density at radius 1 is 1.08 bits per heavy atom. The molecule has 1 heterocycles. The molecule has 0 aliphatic carbocycles. The molecular weight excluding hydrogens is 366 g/mol. The Morgan fingerprint density at radius 2 is 1.76 bits per heavy atom. The van der Waals surface area contributed by atoms with E-state index in [-0.39, 0.29) is 22.2 Å². The van der Waals surface area contributed by atoms with Crippen molar-refractivity contribution in [2.24, 2.45) is 5.14 Å². The first-order chi connectivity index (χ1) is 11.7. The second-order valence-corrected chi connectivity index (χ2v) is 7.51. The standard InChI is InChI=1S/C16H14ClN3O4S/c1-10-4-2-3-5-13(10)19-9-15(21)20(16(19)22)14-7-6-11(8-12(14)17)25(18,23)24/h2-8H,9H2,1H3,(H2,18,23,24). The quantitative estimate of drug-likeness (QED) is 0.826. The number of rotatable bonds is 3. The molecule has 2 aromatic rings. The number of aryl methyl sites for hydroxylation is 1. The van der Waals surface area contributed by atoms with E-state index >= 15 is 0 Å². The second kappa shape index (κ2) is 6.14. The third-order valence-corrected chi connectivity index (χ3v) is 5.07. The van der Waals surface area contributed by atoms with Crippen LogP contribution < -0.4 is 14.9 Å². The highest BCUT2D eigenvalue weighted by atomic mass is 35.5. The molecule has 2 N–H and O–H groups in total. The van der Waals surface area contributed by atoms with Gasteiger partial charge in [0.15, 0.2) is 0 Å². The van der Waals surface area contributed by atoms with E-state index in [4.69, 9.17) is 16.7 Å². The average molecular weight is 380 g/mol. The van der Waals surface area contributed by atoms with Crippen molar-refractivity contribution in [3.63, 3.8) is 0 Å². The van der Waals surface area contributed by atoms with Crippen molar-refractivity contribution in [3.05, 3.63) is 53.1 Å². The summed E-state index contributed by atoms with van der Waals surface area (Å²) in [5.41, 5.74) is 1.59. The van der Waals surface area contributed by atoms with Crippen LogP contribution in [0.4, 0.5) is 16.2 Å². The van der Waals surface area contributed by atoms with Crippen molar-refractivity contribution in [1.82, 2.24) is 0 Å². The Morgan fingerprint density at radius 3 is 2.36 bits per heavy atom. The summed E-state index contributed by atoms with van der Waals surface area (Å²) in [6.07, 6.45) is 0. The highest BCUT2D eigenvalue weighted by Crippen LogP contribution is 2.33. The van der Waals surface area contributed by atoms with Gasteiger partial charge in [0.1, 0.15) is 6.54 Å². The third kappa shape index (κ3) is 3.11. The number of hydrogen-bond donors (Lipinski definition) is 1. The normalized spacial score (nSPS) is 15.2. The Labute approximate surface area is 149 Å². The van der Waals surface area contributed by atoms with Crippen LogP contribution in [0.5, 0.6) is 0 Å². The molecule has 7 nitrogen and oxygen atoms in total. The number of halogens is 1. The molecule has 9 heteroatoms. The van der Waals surface area contributed by atoms with E-state index in [1.165, 1.54) is 17.0 Å². The molecule has 3 amide bonds. The number of imide groups is 1. The summed E-state index contributed by atoms with van der Waals surface area (Å²) in [5.74, 6) is -0.460. The van der Waals surface area contributed by atoms with Gasteiger partial charge in [0, 0.05) is 5.69 Å². The molecule has 1 saturated heterocycles. The first kappa shape index (κ1) is 17.4. The SMILES string of the molecule is Cc1ccccc1N1CC(=O)N(c2ccc(S(N)(=O)=O)cc2Cl)C1=O. The topological polar surface area (TPSA) is 101 Å². The molecule has 2 aromatic carbocycles. The maximum absolute atomic E-state index is 12.7. The minimum absolute atomic E-state index is 0.0557. The molecule has 0 unspecified atom stereocenters. The van der Waals surface area contributed by atoms with E-state index < -0.39 is 22.0 Å². The lowest BCUT2D eigenvalue weighted by atomic mass is 10.2. The molecule has 3 rings (SSSR count). The molecule has 130 valence electrons. The number of hydrogen-bond acceptors (Lipinski definition) is 4. The summed E-state index contributed by atoms with van der Waals surface area (Å²) >= 11 is 6.09. The van der Waals surface area contributed by atoms with Crippen LogP contribution in [-0.2, 0) is 14.8 Å². The minimum Gasteiger partial charge on any atom is -0.284 e. The van der Waals surface area contributed by atoms with Crippen LogP contribution >= 0.6 is 11.6 Å². The number of nitrogens with two attached hydrogens (primary N) is 1. The van der Waals surface area contributed by atoms with Gasteiger partial charge >= 0.3 is 6.03 Å². The van der Waals surface area contributed by atoms with Crippen molar-refractivity contribution >= 4 is 44.9 Å². The number of benzene rings is 2. The molecule has 0 spiro atoms. The Kier molecular flexibility index (Phi) is 4.28. The number of primary sulfonamides is 1. The second-order valence-electron chi connectivity index (χ2n) is 5.54. The van der Waals surface area contributed by atoms with Gasteiger partial charge in [0.05, 0.1) is 15.6 Å². The van der Waals surface area contributed by atoms with Gasteiger partial charge in [-0.25, -0.2) is 23.3 Å². The fourth-order valence-corrected chi connectivity index (χ4v) is 3.51. The number of carbonyl (C=O) groups excluding carboxylic acids is 2. The molecule has 1 fully saturated rings. The number of urea groups is 1. The zero-order chi connectivity index (χ0) is 18.4. The molecule has 1 aliphatic heterocycles. The molecule has 0 atom stereocenters. The Hall–Kier alpha value is -2.42. The number of anilines is 2. The summed E-state index contributed by atoms with van der Waals surface area (Å²) in [6, 6.07) is 10.2. The zero-order valence-electron chi connectivity index (χ0n) is 13.1. The summed E-state index contributed by atoms with van der Waals surface area (Å²) < 4.78 is 22.8. The van der Waals surface area contributed by atoms with Crippen LogP contribution in [0.15, 0.2) is 47.4 Å². The zero-order valence-corrected chi connectivity index (χ0v) is 14.7. The van der Waals surface area contributed by atoms with Crippen LogP contribution in [0.3, 0.4) is 0 Å². The van der Waals surface area contributed by atoms with Crippen molar-refractivity contribution in [3.8, 4) is 0 Å². The average Bonchev–Trinajstić information content (AvgIpc) is 2.82. The third-order valence-electron chi connectivity index (χ3n) is 3.86. The molecule has 0 saturated carbocycles. The molecule has 1 aliphatic rings. The highest BCUT2D eigenvalue weighted by Gasteiger charge is 2.39. The smallest absolute Gasteiger partial charge is 0.284 e. The largest absolute Gasteiger partial charge is 0.336 e. The summed E-state index contributed by atoms with van der Waals surface area (Å²) in [5, 5.41) is 5.00. The lowest BCUT2D eigenvalue weighted by molar-refractivity contribution is -0.115. The number of carbonyl (C=O) groups is 2. The summed E-state index contributed by atoms with van der Waals surface area (Å²) in [7, 11) is -3.94. The van der Waals surface area contributed by atoms with Gasteiger partial charge in [-0.05, 0) is 36.8 Å². The Bertz CT molecular complexity index is 991. The van der Waals surface area contributed by atoms with Gasteiger partial charge in [-0.3, -0.25) is 9.69 Å². The number of nitrogens with zero attached hydrogens (tertiary/aromatic N) is 2. The van der Waals surface area contributed by atoms with E-state index in [0.717, 1.165) is 16.5 Å². The predicted octanol–water partition coefficient (Wildman–Crippen LogP) is 2.27.